The molecule has 2 nitrogen and oxygen atoms in total. The maximum atomic E-state index is 5.85. The highest BCUT2D eigenvalue weighted by molar-refractivity contribution is 5.44. The van der Waals surface area contributed by atoms with Gasteiger partial charge in [0.15, 0.2) is 0 Å². The Kier molecular flexibility index (Phi) is 3.15. The number of aryl methyl sites for hydroxylation is 1. The first-order valence-electron chi connectivity index (χ1n) is 6.56. The van der Waals surface area contributed by atoms with Crippen molar-refractivity contribution < 1.29 is 4.74 Å². The van der Waals surface area contributed by atoms with Crippen molar-refractivity contribution in [1.82, 2.24) is 4.98 Å². The van der Waals surface area contributed by atoms with E-state index in [1.54, 1.807) is 0 Å². The first-order valence-corrected chi connectivity index (χ1v) is 6.56. The van der Waals surface area contributed by atoms with E-state index in [4.69, 9.17) is 9.72 Å². The second-order valence-electron chi connectivity index (χ2n) is 6.24. The van der Waals surface area contributed by atoms with Crippen LogP contribution in [0.1, 0.15) is 63.9 Å². The van der Waals surface area contributed by atoms with Gasteiger partial charge in [0.1, 0.15) is 5.75 Å². The smallest absolute Gasteiger partial charge is 0.144 e. The van der Waals surface area contributed by atoms with Crippen LogP contribution in [-0.4, -0.2) is 11.6 Å². The molecule has 2 heteroatoms. The molecule has 0 radical (unpaired) electrons. The zero-order valence-electron chi connectivity index (χ0n) is 11.6. The number of rotatable bonds is 1. The van der Waals surface area contributed by atoms with Crippen molar-refractivity contribution in [3.63, 3.8) is 0 Å². The van der Waals surface area contributed by atoms with Crippen LogP contribution < -0.4 is 4.74 Å². The lowest BCUT2D eigenvalue weighted by atomic mass is 9.87. The first kappa shape index (κ1) is 12.4. The lowest BCUT2D eigenvalue weighted by molar-refractivity contribution is 0.277. The van der Waals surface area contributed by atoms with Crippen LogP contribution in [0.5, 0.6) is 5.75 Å². The van der Waals surface area contributed by atoms with E-state index in [1.807, 2.05) is 0 Å². The number of ether oxygens (including phenoxy) is 1. The molecule has 2 heterocycles. The second-order valence-corrected chi connectivity index (χ2v) is 6.24. The van der Waals surface area contributed by atoms with E-state index in [2.05, 4.69) is 40.7 Å². The van der Waals surface area contributed by atoms with Crippen LogP contribution in [0.15, 0.2) is 6.07 Å². The molecule has 0 atom stereocenters. The molecule has 1 aromatic rings. The molecule has 0 saturated carbocycles. The maximum Gasteiger partial charge on any atom is 0.144 e. The summed E-state index contributed by atoms with van der Waals surface area (Å²) in [5.74, 6) is 1.52. The van der Waals surface area contributed by atoms with Gasteiger partial charge in [-0.25, -0.2) is 0 Å². The Hall–Kier alpha value is -1.05. The molecule has 2 rings (SSSR count). The van der Waals surface area contributed by atoms with E-state index >= 15 is 0 Å². The van der Waals surface area contributed by atoms with E-state index in [9.17, 15) is 0 Å². The van der Waals surface area contributed by atoms with Gasteiger partial charge in [0.05, 0.1) is 12.3 Å². The monoisotopic (exact) mass is 233 g/mol. The summed E-state index contributed by atoms with van der Waals surface area (Å²) in [6, 6.07) is 2.23. The lowest BCUT2D eigenvalue weighted by Crippen LogP contribution is -2.21. The van der Waals surface area contributed by atoms with Crippen LogP contribution in [0.2, 0.25) is 0 Å². The van der Waals surface area contributed by atoms with Crippen molar-refractivity contribution in [2.24, 2.45) is 0 Å². The minimum absolute atomic E-state index is 0.0479. The molecule has 17 heavy (non-hydrogen) atoms. The predicted octanol–water partition coefficient (Wildman–Crippen LogP) is 3.83. The average molecular weight is 233 g/mol. The lowest BCUT2D eigenvalue weighted by Gasteiger charge is -2.27. The van der Waals surface area contributed by atoms with Crippen LogP contribution in [0.25, 0.3) is 0 Å². The number of aromatic nitrogens is 1. The number of nitrogens with zero attached hydrogens (tertiary/aromatic N) is 1. The first-order chi connectivity index (χ1) is 7.89. The third kappa shape index (κ3) is 2.46. The number of fused-ring (bicyclic) bond motifs is 1. The number of pyridine rings is 1. The summed E-state index contributed by atoms with van der Waals surface area (Å²) in [5, 5.41) is 0. The van der Waals surface area contributed by atoms with Crippen molar-refractivity contribution in [2.45, 2.75) is 58.8 Å². The predicted molar refractivity (Wildman–Crippen MR) is 70.8 cm³/mol. The maximum absolute atomic E-state index is 5.85. The molecule has 0 N–H and O–H groups in total. The molecule has 94 valence electrons. The zero-order chi connectivity index (χ0) is 12.6. The Morgan fingerprint density at radius 1 is 1.29 bits per heavy atom. The van der Waals surface area contributed by atoms with Gasteiger partial charge in [0, 0.05) is 11.1 Å². The topological polar surface area (TPSA) is 22.1 Å². The van der Waals surface area contributed by atoms with Crippen molar-refractivity contribution in [3.8, 4) is 5.75 Å². The summed E-state index contributed by atoms with van der Waals surface area (Å²) in [6.07, 6.45) is 2.25. The van der Waals surface area contributed by atoms with Crippen LogP contribution in [0.4, 0.5) is 0 Å². The summed E-state index contributed by atoms with van der Waals surface area (Å²) < 4.78 is 5.85. The standard InChI is InChI=1S/C15H23NO/c1-10(2)12-9-11-7-6-8-17-13(11)14(16-12)15(3,4)5/h9-10H,6-8H2,1-5H3. The molecule has 0 aromatic carbocycles. The molecule has 0 unspecified atom stereocenters. The van der Waals surface area contributed by atoms with Gasteiger partial charge in [0.25, 0.3) is 0 Å². The fourth-order valence-corrected chi connectivity index (χ4v) is 2.20. The highest BCUT2D eigenvalue weighted by Crippen LogP contribution is 2.36. The van der Waals surface area contributed by atoms with Gasteiger partial charge < -0.3 is 4.74 Å². The SMILES string of the molecule is CC(C)c1cc2c(c(C(C)(C)C)n1)OCCC2. The van der Waals surface area contributed by atoms with Crippen molar-refractivity contribution >= 4 is 0 Å². The van der Waals surface area contributed by atoms with Gasteiger partial charge in [-0.15, -0.1) is 0 Å². The molecule has 0 spiro atoms. The minimum atomic E-state index is 0.0479. The zero-order valence-corrected chi connectivity index (χ0v) is 11.6. The summed E-state index contributed by atoms with van der Waals surface area (Å²) in [5.41, 5.74) is 3.71. The third-order valence-corrected chi connectivity index (χ3v) is 3.21. The molecule has 0 bridgehead atoms. The van der Waals surface area contributed by atoms with Gasteiger partial charge >= 0.3 is 0 Å². The Morgan fingerprint density at radius 2 is 2.00 bits per heavy atom. The van der Waals surface area contributed by atoms with E-state index in [1.165, 1.54) is 11.3 Å². The van der Waals surface area contributed by atoms with Gasteiger partial charge in [-0.2, -0.15) is 0 Å². The van der Waals surface area contributed by atoms with Gasteiger partial charge in [-0.3, -0.25) is 4.98 Å². The van der Waals surface area contributed by atoms with Gasteiger partial charge in [0.2, 0.25) is 0 Å². The molecular formula is C15H23NO. The van der Waals surface area contributed by atoms with Crippen molar-refractivity contribution in [1.29, 1.82) is 0 Å². The summed E-state index contributed by atoms with van der Waals surface area (Å²) in [4.78, 5) is 4.83. The number of hydrogen-bond donors (Lipinski definition) is 0. The van der Waals surface area contributed by atoms with E-state index < -0.39 is 0 Å². The average Bonchev–Trinajstić information content (AvgIpc) is 2.26. The Labute approximate surface area is 104 Å². The second kappa shape index (κ2) is 4.32. The largest absolute Gasteiger partial charge is 0.491 e. The molecule has 1 aliphatic rings. The molecule has 0 amide bonds. The van der Waals surface area contributed by atoms with Crippen molar-refractivity contribution in [2.75, 3.05) is 6.61 Å². The normalized spacial score (nSPS) is 15.6. The molecular weight excluding hydrogens is 210 g/mol. The fraction of sp³-hybridized carbons (Fsp3) is 0.667. The molecule has 0 saturated heterocycles. The van der Waals surface area contributed by atoms with Crippen LogP contribution in [0, 0.1) is 0 Å². The summed E-state index contributed by atoms with van der Waals surface area (Å²) >= 11 is 0. The van der Waals surface area contributed by atoms with Gasteiger partial charge in [-0.05, 0) is 30.4 Å². The highest BCUT2D eigenvalue weighted by Gasteiger charge is 2.26. The van der Waals surface area contributed by atoms with Gasteiger partial charge in [-0.1, -0.05) is 34.6 Å². The van der Waals surface area contributed by atoms with Crippen molar-refractivity contribution in [3.05, 3.63) is 23.0 Å². The summed E-state index contributed by atoms with van der Waals surface area (Å²) in [6.45, 7) is 11.8. The van der Waals surface area contributed by atoms with E-state index in [-0.39, 0.29) is 5.41 Å². The molecule has 0 aliphatic carbocycles. The quantitative estimate of drug-likeness (QED) is 0.735. The molecule has 1 aliphatic heterocycles. The minimum Gasteiger partial charge on any atom is -0.491 e. The van der Waals surface area contributed by atoms with E-state index in [0.717, 1.165) is 30.9 Å². The molecule has 1 aromatic heterocycles. The Bertz CT molecular complexity index is 416. The molecule has 0 fully saturated rings. The van der Waals surface area contributed by atoms with E-state index in [0.29, 0.717) is 5.92 Å². The number of hydrogen-bond acceptors (Lipinski definition) is 2. The highest BCUT2D eigenvalue weighted by atomic mass is 16.5. The fourth-order valence-electron chi connectivity index (χ4n) is 2.20. The Balaban J connectivity index is 2.58. The van der Waals surface area contributed by atoms with Crippen LogP contribution in [0.3, 0.4) is 0 Å². The van der Waals surface area contributed by atoms with Crippen LogP contribution in [-0.2, 0) is 11.8 Å². The Morgan fingerprint density at radius 3 is 2.59 bits per heavy atom. The summed E-state index contributed by atoms with van der Waals surface area (Å²) in [7, 11) is 0. The third-order valence-electron chi connectivity index (χ3n) is 3.21. The van der Waals surface area contributed by atoms with Crippen LogP contribution >= 0.6 is 0 Å².